The molecule has 1 amide bonds. The molecule has 0 aliphatic carbocycles. The average Bonchev–Trinajstić information content (AvgIpc) is 2.59. The molecule has 0 aromatic heterocycles. The Labute approximate surface area is 160 Å². The first kappa shape index (κ1) is 20.3. The van der Waals surface area contributed by atoms with Gasteiger partial charge in [0, 0.05) is 11.1 Å². The first-order valence-corrected chi connectivity index (χ1v) is 10.2. The first-order chi connectivity index (χ1) is 12.2. The van der Waals surface area contributed by atoms with E-state index in [1.807, 2.05) is 26.8 Å². The van der Waals surface area contributed by atoms with E-state index in [9.17, 15) is 13.2 Å². The molecule has 0 bridgehead atoms. The van der Waals surface area contributed by atoms with E-state index >= 15 is 0 Å². The number of benzene rings is 2. The number of halogens is 1. The van der Waals surface area contributed by atoms with Crippen LogP contribution in [-0.4, -0.2) is 26.9 Å². The highest BCUT2D eigenvalue weighted by Gasteiger charge is 2.27. The van der Waals surface area contributed by atoms with Gasteiger partial charge in [-0.05, 0) is 62.2 Å². The van der Waals surface area contributed by atoms with Crippen LogP contribution in [0.4, 0.5) is 5.69 Å². The zero-order chi connectivity index (χ0) is 19.3. The Bertz CT molecular complexity index is 867. The Morgan fingerprint density at radius 3 is 2.42 bits per heavy atom. The fourth-order valence-electron chi connectivity index (χ4n) is 2.38. The number of hydrogen-bond donors (Lipinski definition) is 1. The van der Waals surface area contributed by atoms with Gasteiger partial charge in [-0.25, -0.2) is 8.42 Å². The van der Waals surface area contributed by atoms with Gasteiger partial charge in [-0.1, -0.05) is 30.7 Å². The van der Waals surface area contributed by atoms with Crippen LogP contribution in [0.2, 0.25) is 5.02 Å². The van der Waals surface area contributed by atoms with Gasteiger partial charge in [0.1, 0.15) is 6.54 Å². The van der Waals surface area contributed by atoms with Crippen LogP contribution >= 0.6 is 11.6 Å². The minimum Gasteiger partial charge on any atom is -0.352 e. The van der Waals surface area contributed by atoms with E-state index in [1.54, 1.807) is 18.2 Å². The third-order valence-corrected chi connectivity index (χ3v) is 6.04. The topological polar surface area (TPSA) is 66.5 Å². The summed E-state index contributed by atoms with van der Waals surface area (Å²) >= 11 is 5.86. The molecule has 1 N–H and O–H groups in total. The highest BCUT2D eigenvalue weighted by molar-refractivity contribution is 7.92. The summed E-state index contributed by atoms with van der Waals surface area (Å²) in [7, 11) is -3.91. The van der Waals surface area contributed by atoms with Gasteiger partial charge in [0.2, 0.25) is 5.91 Å². The molecule has 0 unspecified atom stereocenters. The zero-order valence-corrected chi connectivity index (χ0v) is 16.6. The van der Waals surface area contributed by atoms with E-state index in [2.05, 4.69) is 5.32 Å². The molecule has 0 heterocycles. The second-order valence-electron chi connectivity index (χ2n) is 6.18. The lowest BCUT2D eigenvalue weighted by Crippen LogP contribution is -2.43. The van der Waals surface area contributed by atoms with Crippen LogP contribution in [0, 0.1) is 6.92 Å². The molecule has 0 spiro atoms. The summed E-state index contributed by atoms with van der Waals surface area (Å²) in [6.07, 6.45) is 0.764. The summed E-state index contributed by atoms with van der Waals surface area (Å²) in [6, 6.07) is 12.9. The molecule has 1 atom stereocenters. The Morgan fingerprint density at radius 1 is 1.19 bits per heavy atom. The van der Waals surface area contributed by atoms with Gasteiger partial charge >= 0.3 is 0 Å². The minimum absolute atomic E-state index is 0.0277. The van der Waals surface area contributed by atoms with E-state index in [-0.39, 0.29) is 23.4 Å². The first-order valence-electron chi connectivity index (χ1n) is 8.38. The van der Waals surface area contributed by atoms with Crippen LogP contribution in [-0.2, 0) is 14.8 Å². The molecule has 0 fully saturated rings. The fourth-order valence-corrected chi connectivity index (χ4v) is 3.92. The van der Waals surface area contributed by atoms with Crippen molar-refractivity contribution in [2.45, 2.75) is 38.1 Å². The second-order valence-corrected chi connectivity index (χ2v) is 8.48. The van der Waals surface area contributed by atoms with E-state index < -0.39 is 10.0 Å². The summed E-state index contributed by atoms with van der Waals surface area (Å²) in [5, 5.41) is 3.26. The maximum absolute atomic E-state index is 13.1. The number of amides is 1. The molecular weight excluding hydrogens is 372 g/mol. The van der Waals surface area contributed by atoms with E-state index in [0.717, 1.165) is 16.3 Å². The van der Waals surface area contributed by atoms with Crippen molar-refractivity contribution in [1.29, 1.82) is 0 Å². The van der Waals surface area contributed by atoms with Crippen molar-refractivity contribution < 1.29 is 13.2 Å². The summed E-state index contributed by atoms with van der Waals surface area (Å²) in [4.78, 5) is 12.5. The van der Waals surface area contributed by atoms with Crippen molar-refractivity contribution in [2.75, 3.05) is 10.8 Å². The smallest absolute Gasteiger partial charge is 0.264 e. The summed E-state index contributed by atoms with van der Waals surface area (Å²) in [6.45, 7) is 5.41. The number of rotatable bonds is 7. The number of carbonyl (C=O) groups excluding carboxylic acids is 1. The zero-order valence-electron chi connectivity index (χ0n) is 15.1. The lowest BCUT2D eigenvalue weighted by molar-refractivity contribution is -0.120. The molecule has 26 heavy (non-hydrogen) atoms. The molecule has 7 heteroatoms. The number of sulfonamides is 1. The molecular formula is C19H23ClN2O3S. The van der Waals surface area contributed by atoms with Gasteiger partial charge < -0.3 is 5.32 Å². The van der Waals surface area contributed by atoms with Gasteiger partial charge in [-0.3, -0.25) is 9.10 Å². The SMILES string of the molecule is CC[C@@H](C)NC(=O)CN(c1cccc(C)c1)S(=O)(=O)c1ccc(Cl)cc1. The highest BCUT2D eigenvalue weighted by atomic mass is 35.5. The van der Waals surface area contributed by atoms with Crippen molar-refractivity contribution in [2.24, 2.45) is 0 Å². The predicted octanol–water partition coefficient (Wildman–Crippen LogP) is 3.76. The van der Waals surface area contributed by atoms with Gasteiger partial charge in [0.15, 0.2) is 0 Å². The number of nitrogens with zero attached hydrogens (tertiary/aromatic N) is 1. The number of aryl methyl sites for hydroxylation is 1. The van der Waals surface area contributed by atoms with Crippen molar-refractivity contribution in [3.8, 4) is 0 Å². The van der Waals surface area contributed by atoms with Crippen LogP contribution in [0.3, 0.4) is 0 Å². The Kier molecular flexibility index (Phi) is 6.67. The Hall–Kier alpha value is -2.05. The maximum Gasteiger partial charge on any atom is 0.264 e. The van der Waals surface area contributed by atoms with Crippen LogP contribution in [0.15, 0.2) is 53.4 Å². The molecule has 140 valence electrons. The molecule has 2 aromatic rings. The summed E-state index contributed by atoms with van der Waals surface area (Å²) < 4.78 is 27.4. The predicted molar refractivity (Wildman–Crippen MR) is 105 cm³/mol. The van der Waals surface area contributed by atoms with E-state index in [1.165, 1.54) is 24.3 Å². The molecule has 0 radical (unpaired) electrons. The fraction of sp³-hybridized carbons (Fsp3) is 0.316. The van der Waals surface area contributed by atoms with Crippen LogP contribution < -0.4 is 9.62 Å². The normalized spacial score (nSPS) is 12.5. The van der Waals surface area contributed by atoms with Crippen molar-refractivity contribution in [3.05, 3.63) is 59.1 Å². The van der Waals surface area contributed by atoms with E-state index in [4.69, 9.17) is 11.6 Å². The van der Waals surface area contributed by atoms with Gasteiger partial charge in [0.25, 0.3) is 10.0 Å². The van der Waals surface area contributed by atoms with Crippen LogP contribution in [0.25, 0.3) is 0 Å². The second kappa shape index (κ2) is 8.56. The average molecular weight is 395 g/mol. The molecule has 0 aliphatic rings. The minimum atomic E-state index is -3.91. The largest absolute Gasteiger partial charge is 0.352 e. The quantitative estimate of drug-likeness (QED) is 0.777. The lowest BCUT2D eigenvalue weighted by Gasteiger charge is -2.25. The summed E-state index contributed by atoms with van der Waals surface area (Å²) in [5.41, 5.74) is 1.35. The van der Waals surface area contributed by atoms with Gasteiger partial charge in [-0.2, -0.15) is 0 Å². The molecule has 5 nitrogen and oxygen atoms in total. The third kappa shape index (κ3) is 4.99. The Morgan fingerprint density at radius 2 is 1.85 bits per heavy atom. The van der Waals surface area contributed by atoms with Crippen molar-refractivity contribution >= 4 is 33.2 Å². The van der Waals surface area contributed by atoms with Crippen LogP contribution in [0.5, 0.6) is 0 Å². The molecule has 0 saturated heterocycles. The van der Waals surface area contributed by atoms with Gasteiger partial charge in [0.05, 0.1) is 10.6 Å². The number of carbonyl (C=O) groups is 1. The monoisotopic (exact) mass is 394 g/mol. The number of nitrogens with one attached hydrogen (secondary N) is 1. The van der Waals surface area contributed by atoms with E-state index in [0.29, 0.717) is 10.7 Å². The third-order valence-electron chi connectivity index (χ3n) is 4.00. The number of hydrogen-bond acceptors (Lipinski definition) is 3. The van der Waals surface area contributed by atoms with Crippen molar-refractivity contribution in [3.63, 3.8) is 0 Å². The summed E-state index contributed by atoms with van der Waals surface area (Å²) in [5.74, 6) is -0.349. The lowest BCUT2D eigenvalue weighted by atomic mass is 10.2. The Balaban J connectivity index is 2.42. The molecule has 0 aliphatic heterocycles. The maximum atomic E-state index is 13.1. The van der Waals surface area contributed by atoms with Gasteiger partial charge in [-0.15, -0.1) is 0 Å². The van der Waals surface area contributed by atoms with Crippen LogP contribution in [0.1, 0.15) is 25.8 Å². The molecule has 0 saturated carbocycles. The molecule has 2 aromatic carbocycles. The standard InChI is InChI=1S/C19H23ClN2O3S/c1-4-15(3)21-19(23)13-22(17-7-5-6-14(2)12-17)26(24,25)18-10-8-16(20)9-11-18/h5-12,15H,4,13H2,1-3H3,(H,21,23)/t15-/m1/s1. The number of anilines is 1. The van der Waals surface area contributed by atoms with Crippen molar-refractivity contribution in [1.82, 2.24) is 5.32 Å². The highest BCUT2D eigenvalue weighted by Crippen LogP contribution is 2.25. The molecule has 2 rings (SSSR count).